The predicted molar refractivity (Wildman–Crippen MR) is 77.3 cm³/mol. The van der Waals surface area contributed by atoms with Crippen molar-refractivity contribution in [1.29, 1.82) is 0 Å². The number of hydrogen-bond acceptors (Lipinski definition) is 5. The van der Waals surface area contributed by atoms with Crippen LogP contribution in [0.1, 0.15) is 5.56 Å². The molecule has 1 saturated heterocycles. The van der Waals surface area contributed by atoms with E-state index in [-0.39, 0.29) is 6.61 Å². The lowest BCUT2D eigenvalue weighted by atomic mass is 10.2. The normalized spacial score (nSPS) is 16.9. The van der Waals surface area contributed by atoms with Gasteiger partial charge in [0, 0.05) is 44.8 Å². The molecule has 5 nitrogen and oxygen atoms in total. The number of rotatable bonds is 5. The Morgan fingerprint density at radius 1 is 1.30 bits per heavy atom. The molecule has 0 aliphatic carbocycles. The Bertz CT molecular complexity index is 433. The highest BCUT2D eigenvalue weighted by atomic mass is 19.1. The molecule has 0 radical (unpaired) electrons. The lowest BCUT2D eigenvalue weighted by Crippen LogP contribution is -2.48. The monoisotopic (exact) mass is 282 g/mol. The number of halogens is 1. The van der Waals surface area contributed by atoms with Crippen molar-refractivity contribution in [1.82, 2.24) is 14.8 Å². The Morgan fingerprint density at radius 3 is 2.60 bits per heavy atom. The van der Waals surface area contributed by atoms with Crippen LogP contribution in [0.4, 0.5) is 10.2 Å². The summed E-state index contributed by atoms with van der Waals surface area (Å²) in [6, 6.07) is 1.36. The quantitative estimate of drug-likeness (QED) is 0.846. The third-order valence-corrected chi connectivity index (χ3v) is 3.62. The van der Waals surface area contributed by atoms with Gasteiger partial charge < -0.3 is 14.9 Å². The fraction of sp³-hybridized carbons (Fsp3) is 0.643. The lowest BCUT2D eigenvalue weighted by molar-refractivity contribution is 0.228. The molecular formula is C14H23FN4O. The van der Waals surface area contributed by atoms with Gasteiger partial charge in [0.15, 0.2) is 0 Å². The molecule has 2 heterocycles. The molecule has 1 aliphatic heterocycles. The highest BCUT2D eigenvalue weighted by Gasteiger charge is 2.20. The van der Waals surface area contributed by atoms with Crippen LogP contribution < -0.4 is 4.90 Å². The van der Waals surface area contributed by atoms with Crippen molar-refractivity contribution >= 4 is 5.82 Å². The molecule has 1 aliphatic rings. The fourth-order valence-electron chi connectivity index (χ4n) is 2.40. The number of hydrogen-bond donors (Lipinski definition) is 1. The van der Waals surface area contributed by atoms with Crippen molar-refractivity contribution in [3.63, 3.8) is 0 Å². The Balaban J connectivity index is 1.93. The van der Waals surface area contributed by atoms with Crippen LogP contribution in [-0.4, -0.2) is 73.3 Å². The van der Waals surface area contributed by atoms with E-state index in [2.05, 4.69) is 33.8 Å². The van der Waals surface area contributed by atoms with Crippen molar-refractivity contribution in [2.24, 2.45) is 0 Å². The highest BCUT2D eigenvalue weighted by Crippen LogP contribution is 2.20. The molecule has 1 N–H and O–H groups in total. The molecule has 0 spiro atoms. The summed E-state index contributed by atoms with van der Waals surface area (Å²) in [5, 5.41) is 9.32. The van der Waals surface area contributed by atoms with Crippen LogP contribution in [0.2, 0.25) is 0 Å². The number of likely N-dealkylation sites (N-methyl/N-ethyl adjacent to an activating group) is 1. The third-order valence-electron chi connectivity index (χ3n) is 3.62. The smallest absolute Gasteiger partial charge is 0.142 e. The largest absolute Gasteiger partial charge is 0.392 e. The molecule has 112 valence electrons. The van der Waals surface area contributed by atoms with Crippen LogP contribution in [-0.2, 0) is 6.61 Å². The van der Waals surface area contributed by atoms with E-state index < -0.39 is 5.82 Å². The van der Waals surface area contributed by atoms with Crippen LogP contribution in [0.25, 0.3) is 0 Å². The molecule has 1 aromatic rings. The lowest BCUT2D eigenvalue weighted by Gasteiger charge is -2.36. The van der Waals surface area contributed by atoms with E-state index >= 15 is 0 Å². The van der Waals surface area contributed by atoms with Crippen LogP contribution in [0.15, 0.2) is 12.3 Å². The van der Waals surface area contributed by atoms with E-state index in [4.69, 9.17) is 0 Å². The van der Waals surface area contributed by atoms with Crippen molar-refractivity contribution < 1.29 is 9.50 Å². The Morgan fingerprint density at radius 2 is 2.00 bits per heavy atom. The average Bonchev–Trinajstić information content (AvgIpc) is 2.45. The summed E-state index contributed by atoms with van der Waals surface area (Å²) in [6.45, 7) is 5.59. The third kappa shape index (κ3) is 3.88. The van der Waals surface area contributed by atoms with E-state index in [9.17, 15) is 9.50 Å². The second-order valence-electron chi connectivity index (χ2n) is 5.43. The van der Waals surface area contributed by atoms with Crippen LogP contribution in [0.5, 0.6) is 0 Å². The first-order chi connectivity index (χ1) is 9.60. The molecule has 2 rings (SSSR count). The number of nitrogens with zero attached hydrogens (tertiary/aromatic N) is 4. The topological polar surface area (TPSA) is 42.8 Å². The molecule has 0 bridgehead atoms. The minimum atomic E-state index is -0.401. The number of aliphatic hydroxyl groups excluding tert-OH is 1. The Kier molecular flexibility index (Phi) is 5.28. The predicted octanol–water partition coefficient (Wildman–Crippen LogP) is 0.397. The summed E-state index contributed by atoms with van der Waals surface area (Å²) in [6.07, 6.45) is 1.22. The van der Waals surface area contributed by atoms with Gasteiger partial charge in [0.25, 0.3) is 0 Å². The summed E-state index contributed by atoms with van der Waals surface area (Å²) >= 11 is 0. The maximum Gasteiger partial charge on any atom is 0.142 e. The first kappa shape index (κ1) is 15.2. The van der Waals surface area contributed by atoms with Crippen molar-refractivity contribution in [2.45, 2.75) is 6.61 Å². The second kappa shape index (κ2) is 6.97. The number of aliphatic hydroxyl groups is 1. The van der Waals surface area contributed by atoms with Gasteiger partial charge in [0.1, 0.15) is 11.6 Å². The van der Waals surface area contributed by atoms with Gasteiger partial charge in [-0.2, -0.15) is 0 Å². The standard InChI is InChI=1S/C14H23FN4O/c1-17(2)3-4-18-5-7-19(8-6-18)14-12(11-20)9-13(15)10-16-14/h9-10,20H,3-8,11H2,1-2H3. The van der Waals surface area contributed by atoms with E-state index in [1.807, 2.05) is 0 Å². The molecule has 0 unspecified atom stereocenters. The Labute approximate surface area is 119 Å². The molecule has 0 atom stereocenters. The van der Waals surface area contributed by atoms with E-state index in [1.54, 1.807) is 0 Å². The maximum atomic E-state index is 13.1. The zero-order chi connectivity index (χ0) is 14.5. The van der Waals surface area contributed by atoms with Crippen LogP contribution in [0.3, 0.4) is 0 Å². The SMILES string of the molecule is CN(C)CCN1CCN(c2ncc(F)cc2CO)CC1. The molecular weight excluding hydrogens is 259 g/mol. The van der Waals surface area contributed by atoms with E-state index in [0.717, 1.165) is 39.3 Å². The summed E-state index contributed by atoms with van der Waals surface area (Å²) in [5.74, 6) is 0.309. The maximum absolute atomic E-state index is 13.1. The van der Waals surface area contributed by atoms with Gasteiger partial charge in [0.2, 0.25) is 0 Å². The molecule has 20 heavy (non-hydrogen) atoms. The van der Waals surface area contributed by atoms with Gasteiger partial charge in [-0.05, 0) is 20.2 Å². The van der Waals surface area contributed by atoms with E-state index in [1.165, 1.54) is 12.3 Å². The average molecular weight is 282 g/mol. The van der Waals surface area contributed by atoms with Crippen molar-refractivity contribution in [3.05, 3.63) is 23.6 Å². The first-order valence-corrected chi connectivity index (χ1v) is 6.97. The van der Waals surface area contributed by atoms with Crippen molar-refractivity contribution in [2.75, 3.05) is 58.3 Å². The molecule has 1 aromatic heterocycles. The summed E-state index contributed by atoms with van der Waals surface area (Å²) in [5.41, 5.74) is 0.562. The zero-order valence-corrected chi connectivity index (χ0v) is 12.2. The molecule has 0 amide bonds. The molecule has 6 heteroatoms. The second-order valence-corrected chi connectivity index (χ2v) is 5.43. The first-order valence-electron chi connectivity index (χ1n) is 6.97. The fourth-order valence-corrected chi connectivity index (χ4v) is 2.40. The Hall–Kier alpha value is -1.24. The summed E-state index contributed by atoms with van der Waals surface area (Å²) in [7, 11) is 4.15. The van der Waals surface area contributed by atoms with Gasteiger partial charge in [-0.3, -0.25) is 4.90 Å². The molecule has 1 fully saturated rings. The van der Waals surface area contributed by atoms with Crippen molar-refractivity contribution in [3.8, 4) is 0 Å². The summed E-state index contributed by atoms with van der Waals surface area (Å²) < 4.78 is 13.1. The highest BCUT2D eigenvalue weighted by molar-refractivity contribution is 5.47. The van der Waals surface area contributed by atoms with Gasteiger partial charge in [-0.1, -0.05) is 0 Å². The van der Waals surface area contributed by atoms with E-state index in [0.29, 0.717) is 11.4 Å². The van der Waals surface area contributed by atoms with Gasteiger partial charge in [0.05, 0.1) is 12.8 Å². The number of anilines is 1. The van der Waals surface area contributed by atoms with Gasteiger partial charge in [-0.15, -0.1) is 0 Å². The number of aromatic nitrogens is 1. The minimum Gasteiger partial charge on any atom is -0.392 e. The number of pyridine rings is 1. The van der Waals surface area contributed by atoms with Crippen LogP contribution >= 0.6 is 0 Å². The minimum absolute atomic E-state index is 0.180. The summed E-state index contributed by atoms with van der Waals surface area (Å²) in [4.78, 5) is 10.9. The van der Waals surface area contributed by atoms with Gasteiger partial charge in [-0.25, -0.2) is 9.37 Å². The van der Waals surface area contributed by atoms with Gasteiger partial charge >= 0.3 is 0 Å². The molecule has 0 aromatic carbocycles. The molecule has 0 saturated carbocycles. The number of piperazine rings is 1. The van der Waals surface area contributed by atoms with Crippen LogP contribution in [0, 0.1) is 5.82 Å². The zero-order valence-electron chi connectivity index (χ0n) is 12.2.